The molecular formula is C21H21BrN2O2. The minimum absolute atomic E-state index is 0.557. The Balaban J connectivity index is 1.41. The van der Waals surface area contributed by atoms with Crippen molar-refractivity contribution in [3.05, 3.63) is 88.5 Å². The molecule has 0 saturated carbocycles. The summed E-state index contributed by atoms with van der Waals surface area (Å²) >= 11 is 3.59. The van der Waals surface area contributed by atoms with Crippen LogP contribution in [-0.4, -0.2) is 18.1 Å². The van der Waals surface area contributed by atoms with E-state index in [1.54, 1.807) is 6.20 Å². The molecule has 0 aliphatic rings. The van der Waals surface area contributed by atoms with Gasteiger partial charge in [-0.15, -0.1) is 0 Å². The molecule has 0 aliphatic carbocycles. The van der Waals surface area contributed by atoms with Gasteiger partial charge in [-0.2, -0.15) is 0 Å². The summed E-state index contributed by atoms with van der Waals surface area (Å²) in [4.78, 5) is 4.13. The lowest BCUT2D eigenvalue weighted by molar-refractivity contribution is 0.301. The molecule has 0 fully saturated rings. The molecule has 2 aromatic carbocycles. The Bertz CT molecular complexity index is 798. The molecule has 0 saturated heterocycles. The van der Waals surface area contributed by atoms with E-state index in [0.29, 0.717) is 19.1 Å². The van der Waals surface area contributed by atoms with Crippen molar-refractivity contribution in [2.75, 3.05) is 13.2 Å². The molecule has 3 aromatic rings. The maximum absolute atomic E-state index is 5.88. The van der Waals surface area contributed by atoms with Crippen LogP contribution in [0, 0.1) is 0 Å². The summed E-state index contributed by atoms with van der Waals surface area (Å²) in [5.74, 6) is 1.49. The van der Waals surface area contributed by atoms with Crippen LogP contribution < -0.4 is 14.8 Å². The average Bonchev–Trinajstić information content (AvgIpc) is 2.69. The molecule has 3 rings (SSSR count). The standard InChI is InChI=1S/C21H21BrN2O2/c22-19-14-18(15-23-12-13-25-21-8-4-5-11-24-21)9-10-20(19)26-16-17-6-2-1-3-7-17/h1-11,14,23H,12-13,15-16H2. The lowest BCUT2D eigenvalue weighted by atomic mass is 10.2. The van der Waals surface area contributed by atoms with Crippen LogP contribution in [-0.2, 0) is 13.2 Å². The summed E-state index contributed by atoms with van der Waals surface area (Å²) in [5.41, 5.74) is 2.33. The number of pyridine rings is 1. The minimum atomic E-state index is 0.557. The molecule has 26 heavy (non-hydrogen) atoms. The van der Waals surface area contributed by atoms with Gasteiger partial charge in [-0.1, -0.05) is 42.5 Å². The highest BCUT2D eigenvalue weighted by molar-refractivity contribution is 9.10. The summed E-state index contributed by atoms with van der Waals surface area (Å²) in [7, 11) is 0. The molecule has 0 aliphatic heterocycles. The first kappa shape index (κ1) is 18.4. The van der Waals surface area contributed by atoms with Crippen molar-refractivity contribution in [3.63, 3.8) is 0 Å². The van der Waals surface area contributed by atoms with E-state index in [1.165, 1.54) is 5.56 Å². The summed E-state index contributed by atoms with van der Waals surface area (Å²) in [5, 5.41) is 3.36. The summed E-state index contributed by atoms with van der Waals surface area (Å²) in [6.45, 7) is 2.65. The molecule has 0 atom stereocenters. The van der Waals surface area contributed by atoms with Crippen molar-refractivity contribution in [2.24, 2.45) is 0 Å². The first-order chi connectivity index (χ1) is 12.8. The summed E-state index contributed by atoms with van der Waals surface area (Å²) < 4.78 is 12.4. The third kappa shape index (κ3) is 5.86. The van der Waals surface area contributed by atoms with E-state index in [2.05, 4.69) is 50.5 Å². The van der Waals surface area contributed by atoms with Crippen molar-refractivity contribution in [1.29, 1.82) is 0 Å². The predicted molar refractivity (Wildman–Crippen MR) is 106 cm³/mol. The second-order valence-electron chi connectivity index (χ2n) is 5.73. The number of halogens is 1. The zero-order valence-electron chi connectivity index (χ0n) is 14.4. The van der Waals surface area contributed by atoms with Crippen LogP contribution in [0.3, 0.4) is 0 Å². The highest BCUT2D eigenvalue weighted by Gasteiger charge is 2.03. The molecule has 0 unspecified atom stereocenters. The second-order valence-corrected chi connectivity index (χ2v) is 6.59. The Kier molecular flexibility index (Phi) is 7.05. The molecular weight excluding hydrogens is 392 g/mol. The highest BCUT2D eigenvalue weighted by Crippen LogP contribution is 2.26. The molecule has 5 heteroatoms. The number of hydrogen-bond donors (Lipinski definition) is 1. The van der Waals surface area contributed by atoms with Crippen molar-refractivity contribution in [3.8, 4) is 11.6 Å². The average molecular weight is 413 g/mol. The lowest BCUT2D eigenvalue weighted by Gasteiger charge is -2.11. The number of rotatable bonds is 9. The number of ether oxygens (including phenoxy) is 2. The zero-order valence-corrected chi connectivity index (χ0v) is 16.0. The maximum Gasteiger partial charge on any atom is 0.213 e. The molecule has 0 radical (unpaired) electrons. The first-order valence-electron chi connectivity index (χ1n) is 8.51. The molecule has 0 amide bonds. The highest BCUT2D eigenvalue weighted by atomic mass is 79.9. The van der Waals surface area contributed by atoms with E-state index in [0.717, 1.165) is 28.9 Å². The van der Waals surface area contributed by atoms with Gasteiger partial charge in [-0.3, -0.25) is 0 Å². The SMILES string of the molecule is Brc1cc(CNCCOc2ccccn2)ccc1OCc1ccccc1. The van der Waals surface area contributed by atoms with Gasteiger partial charge in [0.2, 0.25) is 5.88 Å². The Morgan fingerprint density at radius 3 is 2.50 bits per heavy atom. The Labute approximate surface area is 162 Å². The molecule has 134 valence electrons. The van der Waals surface area contributed by atoms with Gasteiger partial charge in [0.05, 0.1) is 4.47 Å². The predicted octanol–water partition coefficient (Wildman–Crippen LogP) is 4.59. The van der Waals surface area contributed by atoms with Gasteiger partial charge < -0.3 is 14.8 Å². The number of nitrogens with one attached hydrogen (secondary N) is 1. The van der Waals surface area contributed by atoms with Crippen molar-refractivity contribution in [1.82, 2.24) is 10.3 Å². The number of aromatic nitrogens is 1. The van der Waals surface area contributed by atoms with Crippen LogP contribution in [0.2, 0.25) is 0 Å². The van der Waals surface area contributed by atoms with E-state index in [4.69, 9.17) is 9.47 Å². The van der Waals surface area contributed by atoms with Gasteiger partial charge in [0.15, 0.2) is 0 Å². The third-order valence-electron chi connectivity index (χ3n) is 3.73. The fourth-order valence-electron chi connectivity index (χ4n) is 2.40. The molecule has 1 aromatic heterocycles. The fourth-order valence-corrected chi connectivity index (χ4v) is 2.94. The maximum atomic E-state index is 5.88. The van der Waals surface area contributed by atoms with Gasteiger partial charge >= 0.3 is 0 Å². The fraction of sp³-hybridized carbons (Fsp3) is 0.190. The minimum Gasteiger partial charge on any atom is -0.488 e. The molecule has 1 N–H and O–H groups in total. The van der Waals surface area contributed by atoms with Crippen LogP contribution >= 0.6 is 15.9 Å². The van der Waals surface area contributed by atoms with E-state index in [9.17, 15) is 0 Å². The summed E-state index contributed by atoms with van der Waals surface area (Å²) in [6.07, 6.45) is 1.72. The Morgan fingerprint density at radius 2 is 1.73 bits per heavy atom. The van der Waals surface area contributed by atoms with E-state index < -0.39 is 0 Å². The van der Waals surface area contributed by atoms with E-state index in [1.807, 2.05) is 42.5 Å². The largest absolute Gasteiger partial charge is 0.488 e. The van der Waals surface area contributed by atoms with E-state index in [-0.39, 0.29) is 0 Å². The quantitative estimate of drug-likeness (QED) is 0.521. The second kappa shape index (κ2) is 9.94. The van der Waals surface area contributed by atoms with Crippen LogP contribution in [0.1, 0.15) is 11.1 Å². The van der Waals surface area contributed by atoms with Gasteiger partial charge in [0, 0.05) is 25.4 Å². The molecule has 0 spiro atoms. The van der Waals surface area contributed by atoms with Gasteiger partial charge in [-0.25, -0.2) is 4.98 Å². The van der Waals surface area contributed by atoms with Gasteiger partial charge in [-0.05, 0) is 45.3 Å². The lowest BCUT2D eigenvalue weighted by Crippen LogP contribution is -2.20. The van der Waals surface area contributed by atoms with Crippen LogP contribution in [0.15, 0.2) is 77.4 Å². The number of hydrogen-bond acceptors (Lipinski definition) is 4. The monoisotopic (exact) mass is 412 g/mol. The van der Waals surface area contributed by atoms with Crippen molar-refractivity contribution >= 4 is 15.9 Å². The van der Waals surface area contributed by atoms with Gasteiger partial charge in [0.1, 0.15) is 19.0 Å². The van der Waals surface area contributed by atoms with Crippen molar-refractivity contribution in [2.45, 2.75) is 13.2 Å². The van der Waals surface area contributed by atoms with Crippen LogP contribution in [0.4, 0.5) is 0 Å². The van der Waals surface area contributed by atoms with E-state index >= 15 is 0 Å². The Morgan fingerprint density at radius 1 is 0.885 bits per heavy atom. The first-order valence-corrected chi connectivity index (χ1v) is 9.30. The molecule has 0 bridgehead atoms. The Hall–Kier alpha value is -2.37. The molecule has 4 nitrogen and oxygen atoms in total. The van der Waals surface area contributed by atoms with Crippen molar-refractivity contribution < 1.29 is 9.47 Å². The third-order valence-corrected chi connectivity index (χ3v) is 4.35. The summed E-state index contributed by atoms with van der Waals surface area (Å²) in [6, 6.07) is 21.9. The smallest absolute Gasteiger partial charge is 0.213 e. The molecule has 1 heterocycles. The van der Waals surface area contributed by atoms with Gasteiger partial charge in [0.25, 0.3) is 0 Å². The zero-order chi connectivity index (χ0) is 18.0. The number of benzene rings is 2. The van der Waals surface area contributed by atoms with Crippen LogP contribution in [0.5, 0.6) is 11.6 Å². The normalized spacial score (nSPS) is 10.5. The van der Waals surface area contributed by atoms with Crippen LogP contribution in [0.25, 0.3) is 0 Å². The number of nitrogens with zero attached hydrogens (tertiary/aromatic N) is 1. The topological polar surface area (TPSA) is 43.4 Å².